The highest BCUT2D eigenvalue weighted by molar-refractivity contribution is 5.91. The maximum absolute atomic E-state index is 13.8. The van der Waals surface area contributed by atoms with Gasteiger partial charge in [-0.2, -0.15) is 0 Å². The largest absolute Gasteiger partial charge is 0.392 e. The topological polar surface area (TPSA) is 36.4 Å². The third-order valence-electron chi connectivity index (χ3n) is 5.83. The molecule has 0 spiro atoms. The summed E-state index contributed by atoms with van der Waals surface area (Å²) >= 11 is 0. The van der Waals surface area contributed by atoms with Gasteiger partial charge in [0.15, 0.2) is 0 Å². The summed E-state index contributed by atoms with van der Waals surface area (Å²) in [6.45, 7) is 3.52. The maximum Gasteiger partial charge on any atom is 0.124 e. The SMILES string of the molecule is CC(O)C1(c2ccccc2)CCN(c2ccnc3ccc(F)cc23)CC1. The van der Waals surface area contributed by atoms with E-state index in [-0.39, 0.29) is 11.2 Å². The monoisotopic (exact) mass is 350 g/mol. The minimum absolute atomic E-state index is 0.230. The number of pyridine rings is 1. The average Bonchev–Trinajstić information content (AvgIpc) is 2.68. The molecule has 1 aromatic heterocycles. The molecule has 4 rings (SSSR count). The van der Waals surface area contributed by atoms with Crippen LogP contribution in [-0.4, -0.2) is 29.3 Å². The van der Waals surface area contributed by atoms with Crippen molar-refractivity contribution in [3.63, 3.8) is 0 Å². The Bertz CT molecular complexity index is 902. The summed E-state index contributed by atoms with van der Waals surface area (Å²) < 4.78 is 13.8. The lowest BCUT2D eigenvalue weighted by molar-refractivity contribution is 0.0778. The molecule has 3 aromatic rings. The zero-order valence-corrected chi connectivity index (χ0v) is 14.9. The van der Waals surface area contributed by atoms with E-state index in [1.807, 2.05) is 31.2 Å². The van der Waals surface area contributed by atoms with Gasteiger partial charge in [-0.05, 0) is 49.6 Å². The van der Waals surface area contributed by atoms with Crippen LogP contribution in [0.1, 0.15) is 25.3 Å². The molecule has 1 fully saturated rings. The molecule has 134 valence electrons. The highest BCUT2D eigenvalue weighted by Gasteiger charge is 2.40. The van der Waals surface area contributed by atoms with Gasteiger partial charge in [0, 0.05) is 35.8 Å². The first-order valence-corrected chi connectivity index (χ1v) is 9.13. The van der Waals surface area contributed by atoms with Crippen molar-refractivity contribution in [3.8, 4) is 0 Å². The Hall–Kier alpha value is -2.46. The van der Waals surface area contributed by atoms with Gasteiger partial charge in [0.1, 0.15) is 5.82 Å². The minimum atomic E-state index is -0.418. The van der Waals surface area contributed by atoms with Gasteiger partial charge in [-0.15, -0.1) is 0 Å². The van der Waals surface area contributed by atoms with Crippen molar-refractivity contribution in [1.29, 1.82) is 0 Å². The number of nitrogens with zero attached hydrogens (tertiary/aromatic N) is 2. The second kappa shape index (κ2) is 6.69. The van der Waals surface area contributed by atoms with Gasteiger partial charge in [0.05, 0.1) is 11.6 Å². The summed E-state index contributed by atoms with van der Waals surface area (Å²) in [6.07, 6.45) is 3.07. The number of aliphatic hydroxyl groups excluding tert-OH is 1. The highest BCUT2D eigenvalue weighted by Crippen LogP contribution is 2.40. The molecule has 0 saturated carbocycles. The fraction of sp³-hybridized carbons (Fsp3) is 0.318. The highest BCUT2D eigenvalue weighted by atomic mass is 19.1. The van der Waals surface area contributed by atoms with E-state index in [9.17, 15) is 9.50 Å². The number of fused-ring (bicyclic) bond motifs is 1. The van der Waals surface area contributed by atoms with E-state index in [2.05, 4.69) is 22.0 Å². The van der Waals surface area contributed by atoms with Crippen LogP contribution >= 0.6 is 0 Å². The van der Waals surface area contributed by atoms with E-state index < -0.39 is 6.10 Å². The predicted molar refractivity (Wildman–Crippen MR) is 103 cm³/mol. The van der Waals surface area contributed by atoms with Crippen LogP contribution in [-0.2, 0) is 5.41 Å². The fourth-order valence-corrected chi connectivity index (χ4v) is 4.24. The van der Waals surface area contributed by atoms with E-state index in [1.165, 1.54) is 11.6 Å². The molecule has 2 heterocycles. The Balaban J connectivity index is 1.65. The quantitative estimate of drug-likeness (QED) is 0.765. The van der Waals surface area contributed by atoms with Gasteiger partial charge >= 0.3 is 0 Å². The second-order valence-electron chi connectivity index (χ2n) is 7.18. The predicted octanol–water partition coefficient (Wildman–Crippen LogP) is 4.29. The standard InChI is InChI=1S/C22H23FN2O/c1-16(26)22(17-5-3-2-4-6-17)10-13-25(14-11-22)21-9-12-24-20-8-7-18(23)15-19(20)21/h2-9,12,15-16,26H,10-11,13-14H2,1H3. The van der Waals surface area contributed by atoms with Crippen molar-refractivity contribution in [2.24, 2.45) is 0 Å². The van der Waals surface area contributed by atoms with Crippen LogP contribution in [0.5, 0.6) is 0 Å². The number of hydrogen-bond acceptors (Lipinski definition) is 3. The number of benzene rings is 2. The van der Waals surface area contributed by atoms with Crippen LogP contribution in [0.25, 0.3) is 10.9 Å². The molecule has 1 atom stereocenters. The number of hydrogen-bond donors (Lipinski definition) is 1. The van der Waals surface area contributed by atoms with Gasteiger partial charge in [-0.3, -0.25) is 4.98 Å². The van der Waals surface area contributed by atoms with Gasteiger partial charge < -0.3 is 10.0 Å². The average molecular weight is 350 g/mol. The third kappa shape index (κ3) is 2.84. The molecule has 1 unspecified atom stereocenters. The van der Waals surface area contributed by atoms with Crippen LogP contribution in [0.3, 0.4) is 0 Å². The van der Waals surface area contributed by atoms with E-state index in [0.29, 0.717) is 0 Å². The molecule has 3 nitrogen and oxygen atoms in total. The van der Waals surface area contributed by atoms with Crippen molar-refractivity contribution >= 4 is 16.6 Å². The third-order valence-corrected chi connectivity index (χ3v) is 5.83. The molecule has 1 N–H and O–H groups in total. The van der Waals surface area contributed by atoms with E-state index in [0.717, 1.165) is 42.5 Å². The number of aliphatic hydroxyl groups is 1. The number of anilines is 1. The van der Waals surface area contributed by atoms with E-state index in [1.54, 1.807) is 18.3 Å². The second-order valence-corrected chi connectivity index (χ2v) is 7.18. The first-order chi connectivity index (χ1) is 12.6. The van der Waals surface area contributed by atoms with Crippen LogP contribution in [0.4, 0.5) is 10.1 Å². The smallest absolute Gasteiger partial charge is 0.124 e. The van der Waals surface area contributed by atoms with E-state index in [4.69, 9.17) is 0 Å². The van der Waals surface area contributed by atoms with Gasteiger partial charge in [-0.25, -0.2) is 4.39 Å². The van der Waals surface area contributed by atoms with Crippen molar-refractivity contribution in [2.75, 3.05) is 18.0 Å². The molecular formula is C22H23FN2O. The summed E-state index contributed by atoms with van der Waals surface area (Å²) in [7, 11) is 0. The van der Waals surface area contributed by atoms with Gasteiger partial charge in [-0.1, -0.05) is 30.3 Å². The number of rotatable bonds is 3. The molecule has 26 heavy (non-hydrogen) atoms. The summed E-state index contributed by atoms with van der Waals surface area (Å²) in [4.78, 5) is 6.63. The van der Waals surface area contributed by atoms with Crippen molar-refractivity contribution in [3.05, 3.63) is 72.2 Å². The molecule has 2 aromatic carbocycles. The molecule has 0 amide bonds. The van der Waals surface area contributed by atoms with Crippen molar-refractivity contribution in [2.45, 2.75) is 31.3 Å². The normalized spacial score (nSPS) is 18.0. The summed E-state index contributed by atoms with van der Waals surface area (Å²) in [6, 6.07) is 17.0. The summed E-state index contributed by atoms with van der Waals surface area (Å²) in [5.41, 5.74) is 2.78. The lowest BCUT2D eigenvalue weighted by Gasteiger charge is -2.45. The molecular weight excluding hydrogens is 327 g/mol. The first-order valence-electron chi connectivity index (χ1n) is 9.13. The van der Waals surface area contributed by atoms with Crippen LogP contribution in [0.2, 0.25) is 0 Å². The number of aromatic nitrogens is 1. The molecule has 1 aliphatic heterocycles. The van der Waals surface area contributed by atoms with Crippen molar-refractivity contribution < 1.29 is 9.50 Å². The summed E-state index contributed by atoms with van der Waals surface area (Å²) in [5.74, 6) is -0.244. The Kier molecular flexibility index (Phi) is 4.37. The lowest BCUT2D eigenvalue weighted by Crippen LogP contribution is -2.48. The number of halogens is 1. The van der Waals surface area contributed by atoms with Crippen LogP contribution < -0.4 is 4.90 Å². The minimum Gasteiger partial charge on any atom is -0.392 e. The molecule has 0 radical (unpaired) electrons. The van der Waals surface area contributed by atoms with Crippen LogP contribution in [0.15, 0.2) is 60.8 Å². The Morgan fingerprint density at radius 2 is 1.81 bits per heavy atom. The number of piperidine rings is 1. The molecule has 0 aliphatic carbocycles. The Labute approximate surface area is 153 Å². The molecule has 1 aliphatic rings. The Morgan fingerprint density at radius 1 is 1.08 bits per heavy atom. The first kappa shape index (κ1) is 17.0. The van der Waals surface area contributed by atoms with Crippen molar-refractivity contribution in [1.82, 2.24) is 4.98 Å². The van der Waals surface area contributed by atoms with Gasteiger partial charge in [0.25, 0.3) is 0 Å². The molecule has 4 heteroatoms. The molecule has 0 bridgehead atoms. The zero-order valence-electron chi connectivity index (χ0n) is 14.9. The summed E-state index contributed by atoms with van der Waals surface area (Å²) in [5, 5.41) is 11.4. The van der Waals surface area contributed by atoms with Gasteiger partial charge in [0.2, 0.25) is 0 Å². The Morgan fingerprint density at radius 3 is 2.50 bits per heavy atom. The molecule has 1 saturated heterocycles. The van der Waals surface area contributed by atoms with Crippen LogP contribution in [0, 0.1) is 5.82 Å². The fourth-order valence-electron chi connectivity index (χ4n) is 4.24. The lowest BCUT2D eigenvalue weighted by atomic mass is 9.69. The van der Waals surface area contributed by atoms with E-state index >= 15 is 0 Å². The maximum atomic E-state index is 13.8. The zero-order chi connectivity index (χ0) is 18.1.